The van der Waals surface area contributed by atoms with Crippen molar-refractivity contribution in [1.29, 1.82) is 0 Å². The summed E-state index contributed by atoms with van der Waals surface area (Å²) in [6.07, 6.45) is 0. The van der Waals surface area contributed by atoms with Gasteiger partial charge in [-0.25, -0.2) is 14.1 Å². The van der Waals surface area contributed by atoms with Crippen LogP contribution < -0.4 is 10.2 Å². The van der Waals surface area contributed by atoms with Crippen LogP contribution in [0.4, 0.5) is 14.9 Å². The molecular weight excluding hydrogens is 295 g/mol. The van der Waals surface area contributed by atoms with Crippen molar-refractivity contribution in [2.45, 2.75) is 6.92 Å². The molecule has 0 radical (unpaired) electrons. The van der Waals surface area contributed by atoms with Crippen LogP contribution in [0.2, 0.25) is 0 Å². The smallest absolute Gasteiger partial charge is 0.269 e. The van der Waals surface area contributed by atoms with Crippen LogP contribution in [0.5, 0.6) is 0 Å². The molecule has 2 rings (SSSR count). The lowest BCUT2D eigenvalue weighted by molar-refractivity contribution is -0.134. The first-order valence-electron chi connectivity index (χ1n) is 4.57. The van der Waals surface area contributed by atoms with Gasteiger partial charge in [0.1, 0.15) is 5.82 Å². The third-order valence-corrected chi connectivity index (χ3v) is 2.91. The van der Waals surface area contributed by atoms with Crippen molar-refractivity contribution in [3.63, 3.8) is 0 Å². The Morgan fingerprint density at radius 3 is 2.47 bits per heavy atom. The largest absolute Gasteiger partial charge is 0.336 e. The van der Waals surface area contributed by atoms with E-state index in [1.807, 2.05) is 5.32 Å². The molecule has 5 nitrogen and oxygen atoms in total. The zero-order valence-electron chi connectivity index (χ0n) is 8.58. The number of benzene rings is 1. The van der Waals surface area contributed by atoms with Crippen LogP contribution >= 0.6 is 15.9 Å². The molecule has 1 aliphatic heterocycles. The van der Waals surface area contributed by atoms with Crippen molar-refractivity contribution in [1.82, 2.24) is 5.32 Å². The molecule has 1 N–H and O–H groups in total. The molecule has 1 fully saturated rings. The van der Waals surface area contributed by atoms with Crippen LogP contribution in [0.1, 0.15) is 5.56 Å². The van der Waals surface area contributed by atoms with E-state index in [-0.39, 0.29) is 10.2 Å². The summed E-state index contributed by atoms with van der Waals surface area (Å²) in [5.74, 6) is -2.65. The predicted octanol–water partition coefficient (Wildman–Crippen LogP) is 1.48. The molecule has 88 valence electrons. The van der Waals surface area contributed by atoms with Crippen molar-refractivity contribution in [3.8, 4) is 0 Å². The lowest BCUT2D eigenvalue weighted by Crippen LogP contribution is -2.31. The molecule has 0 bridgehead atoms. The first kappa shape index (κ1) is 11.7. The van der Waals surface area contributed by atoms with Gasteiger partial charge in [-0.05, 0) is 40.5 Å². The summed E-state index contributed by atoms with van der Waals surface area (Å²) in [7, 11) is 0. The number of carbonyl (C=O) groups is 3. The Labute approximate surface area is 104 Å². The molecule has 7 heteroatoms. The van der Waals surface area contributed by atoms with Crippen LogP contribution in [-0.2, 0) is 9.59 Å². The molecule has 0 aliphatic carbocycles. The van der Waals surface area contributed by atoms with Crippen molar-refractivity contribution in [2.24, 2.45) is 0 Å². The summed E-state index contributed by atoms with van der Waals surface area (Å²) < 4.78 is 13.6. The standard InChI is InChI=1S/C10H6BrFN2O3/c1-4-2-5(11)6(12)3-7(4)14-9(16)8(15)13-10(14)17/h2-3H,1H3,(H,13,15,17). The second kappa shape index (κ2) is 3.92. The van der Waals surface area contributed by atoms with E-state index < -0.39 is 23.7 Å². The summed E-state index contributed by atoms with van der Waals surface area (Å²) in [5.41, 5.74) is 0.551. The van der Waals surface area contributed by atoms with Gasteiger partial charge in [-0.1, -0.05) is 0 Å². The van der Waals surface area contributed by atoms with E-state index in [0.29, 0.717) is 10.5 Å². The van der Waals surface area contributed by atoms with Gasteiger partial charge in [0, 0.05) is 0 Å². The van der Waals surface area contributed by atoms with Crippen LogP contribution in [0, 0.1) is 12.7 Å². The Hall–Kier alpha value is -1.76. The van der Waals surface area contributed by atoms with Crippen molar-refractivity contribution in [3.05, 3.63) is 28.0 Å². The Kier molecular flexibility index (Phi) is 2.70. The number of urea groups is 1. The zero-order chi connectivity index (χ0) is 12.7. The lowest BCUT2D eigenvalue weighted by atomic mass is 10.2. The molecule has 1 aromatic carbocycles. The maximum absolute atomic E-state index is 13.4. The van der Waals surface area contributed by atoms with Gasteiger partial charge in [0.15, 0.2) is 0 Å². The van der Waals surface area contributed by atoms with E-state index in [1.165, 1.54) is 6.07 Å². The number of amides is 4. The minimum Gasteiger partial charge on any atom is -0.269 e. The molecule has 1 aromatic rings. The third kappa shape index (κ3) is 1.82. The second-order valence-electron chi connectivity index (χ2n) is 3.45. The van der Waals surface area contributed by atoms with E-state index in [9.17, 15) is 18.8 Å². The van der Waals surface area contributed by atoms with E-state index in [0.717, 1.165) is 6.07 Å². The molecule has 0 atom stereocenters. The maximum atomic E-state index is 13.4. The minimum absolute atomic E-state index is 0.0547. The predicted molar refractivity (Wildman–Crippen MR) is 59.9 cm³/mol. The molecule has 0 spiro atoms. The summed E-state index contributed by atoms with van der Waals surface area (Å²) >= 11 is 2.98. The SMILES string of the molecule is Cc1cc(Br)c(F)cc1N1C(=O)NC(=O)C1=O. The highest BCUT2D eigenvalue weighted by atomic mass is 79.9. The van der Waals surface area contributed by atoms with Gasteiger partial charge in [-0.15, -0.1) is 0 Å². The lowest BCUT2D eigenvalue weighted by Gasteiger charge is -2.14. The van der Waals surface area contributed by atoms with E-state index in [1.54, 1.807) is 6.92 Å². The molecule has 1 saturated heterocycles. The number of rotatable bonds is 1. The number of imide groups is 2. The number of nitrogens with one attached hydrogen (secondary N) is 1. The number of nitrogens with zero attached hydrogens (tertiary/aromatic N) is 1. The quantitative estimate of drug-likeness (QED) is 0.631. The molecule has 0 aromatic heterocycles. The third-order valence-electron chi connectivity index (χ3n) is 2.30. The topological polar surface area (TPSA) is 66.5 Å². The number of carbonyl (C=O) groups excluding carboxylic acids is 3. The molecular formula is C10H6BrFN2O3. The molecule has 4 amide bonds. The molecule has 1 heterocycles. The van der Waals surface area contributed by atoms with Crippen LogP contribution in [0.15, 0.2) is 16.6 Å². The Morgan fingerprint density at radius 2 is 1.94 bits per heavy atom. The van der Waals surface area contributed by atoms with E-state index in [4.69, 9.17) is 0 Å². The molecule has 0 saturated carbocycles. The normalized spacial score (nSPS) is 15.5. The number of halogens is 2. The maximum Gasteiger partial charge on any atom is 0.336 e. The summed E-state index contributed by atoms with van der Waals surface area (Å²) in [6.45, 7) is 1.60. The highest BCUT2D eigenvalue weighted by Crippen LogP contribution is 2.28. The minimum atomic E-state index is -1.02. The number of aryl methyl sites for hydroxylation is 1. The van der Waals surface area contributed by atoms with Crippen LogP contribution in [0.25, 0.3) is 0 Å². The Morgan fingerprint density at radius 1 is 1.29 bits per heavy atom. The summed E-state index contributed by atoms with van der Waals surface area (Å²) in [6, 6.07) is 1.58. The fourth-order valence-electron chi connectivity index (χ4n) is 1.50. The number of hydrogen-bond acceptors (Lipinski definition) is 3. The fourth-order valence-corrected chi connectivity index (χ4v) is 1.95. The number of anilines is 1. The number of hydrogen-bond donors (Lipinski definition) is 1. The second-order valence-corrected chi connectivity index (χ2v) is 4.31. The first-order chi connectivity index (χ1) is 7.91. The average Bonchev–Trinajstić information content (AvgIpc) is 2.48. The van der Waals surface area contributed by atoms with Crippen LogP contribution in [0.3, 0.4) is 0 Å². The molecule has 0 unspecified atom stereocenters. The molecule has 17 heavy (non-hydrogen) atoms. The first-order valence-corrected chi connectivity index (χ1v) is 5.36. The Balaban J connectivity index is 2.55. The highest BCUT2D eigenvalue weighted by molar-refractivity contribution is 9.10. The van der Waals surface area contributed by atoms with E-state index >= 15 is 0 Å². The van der Waals surface area contributed by atoms with Crippen molar-refractivity contribution in [2.75, 3.05) is 4.90 Å². The van der Waals surface area contributed by atoms with Gasteiger partial charge in [0.05, 0.1) is 10.2 Å². The zero-order valence-corrected chi connectivity index (χ0v) is 10.2. The van der Waals surface area contributed by atoms with Crippen molar-refractivity contribution < 1.29 is 18.8 Å². The van der Waals surface area contributed by atoms with Gasteiger partial charge in [0.2, 0.25) is 0 Å². The average molecular weight is 301 g/mol. The van der Waals surface area contributed by atoms with Gasteiger partial charge < -0.3 is 0 Å². The van der Waals surface area contributed by atoms with Crippen LogP contribution in [-0.4, -0.2) is 17.8 Å². The van der Waals surface area contributed by atoms with Crippen molar-refractivity contribution >= 4 is 39.5 Å². The van der Waals surface area contributed by atoms with Gasteiger partial charge >= 0.3 is 17.8 Å². The van der Waals surface area contributed by atoms with Gasteiger partial charge in [-0.2, -0.15) is 0 Å². The summed E-state index contributed by atoms with van der Waals surface area (Å²) in [4.78, 5) is 34.4. The Bertz CT molecular complexity index is 559. The van der Waals surface area contributed by atoms with Gasteiger partial charge in [0.25, 0.3) is 0 Å². The summed E-state index contributed by atoms with van der Waals surface area (Å²) in [5, 5.41) is 1.84. The monoisotopic (exact) mass is 300 g/mol. The highest BCUT2D eigenvalue weighted by Gasteiger charge is 2.38. The van der Waals surface area contributed by atoms with Gasteiger partial charge in [-0.3, -0.25) is 14.9 Å². The van der Waals surface area contributed by atoms with E-state index in [2.05, 4.69) is 15.9 Å². The fraction of sp³-hybridized carbons (Fsp3) is 0.100. The molecule has 1 aliphatic rings.